The van der Waals surface area contributed by atoms with Crippen molar-refractivity contribution in [3.8, 4) is 0 Å². The number of hydrogen-bond donors (Lipinski definition) is 1. The SMILES string of the molecule is CNC(=O)OCc1ccc(F)c(F)c1. The molecule has 76 valence electrons. The first-order valence-corrected chi connectivity index (χ1v) is 3.92. The molecule has 1 N–H and O–H groups in total. The summed E-state index contributed by atoms with van der Waals surface area (Å²) in [5.74, 6) is -1.88. The van der Waals surface area contributed by atoms with Crippen molar-refractivity contribution in [1.82, 2.24) is 5.32 Å². The molecule has 1 aromatic carbocycles. The van der Waals surface area contributed by atoms with E-state index in [1.807, 2.05) is 0 Å². The summed E-state index contributed by atoms with van der Waals surface area (Å²) in [4.78, 5) is 10.6. The standard InChI is InChI=1S/C9H9F2NO2/c1-12-9(13)14-5-6-2-3-7(10)8(11)4-6/h2-4H,5H2,1H3,(H,12,13). The highest BCUT2D eigenvalue weighted by atomic mass is 19.2. The van der Waals surface area contributed by atoms with E-state index in [9.17, 15) is 13.6 Å². The van der Waals surface area contributed by atoms with E-state index in [1.54, 1.807) is 0 Å². The molecule has 0 aliphatic heterocycles. The Balaban J connectivity index is 2.60. The summed E-state index contributed by atoms with van der Waals surface area (Å²) < 4.78 is 29.8. The minimum Gasteiger partial charge on any atom is -0.445 e. The van der Waals surface area contributed by atoms with Crippen LogP contribution in [-0.2, 0) is 11.3 Å². The van der Waals surface area contributed by atoms with Crippen molar-refractivity contribution in [3.05, 3.63) is 35.4 Å². The van der Waals surface area contributed by atoms with E-state index in [2.05, 4.69) is 10.1 Å². The molecule has 0 radical (unpaired) electrons. The third kappa shape index (κ3) is 2.69. The first-order valence-electron chi connectivity index (χ1n) is 3.92. The van der Waals surface area contributed by atoms with Crippen LogP contribution in [0.2, 0.25) is 0 Å². The fraction of sp³-hybridized carbons (Fsp3) is 0.222. The van der Waals surface area contributed by atoms with Gasteiger partial charge in [0.15, 0.2) is 11.6 Å². The minimum absolute atomic E-state index is 0.0864. The number of rotatable bonds is 2. The highest BCUT2D eigenvalue weighted by Gasteiger charge is 2.04. The van der Waals surface area contributed by atoms with Crippen molar-refractivity contribution >= 4 is 6.09 Å². The number of carbonyl (C=O) groups is 1. The van der Waals surface area contributed by atoms with E-state index in [0.717, 1.165) is 12.1 Å². The van der Waals surface area contributed by atoms with Crippen molar-refractivity contribution in [2.45, 2.75) is 6.61 Å². The van der Waals surface area contributed by atoms with Crippen LogP contribution in [0, 0.1) is 11.6 Å². The first kappa shape index (κ1) is 10.4. The minimum atomic E-state index is -0.956. The lowest BCUT2D eigenvalue weighted by atomic mass is 10.2. The number of halogens is 2. The summed E-state index contributed by atoms with van der Waals surface area (Å²) in [7, 11) is 1.41. The lowest BCUT2D eigenvalue weighted by Gasteiger charge is -2.03. The van der Waals surface area contributed by atoms with Gasteiger partial charge in [0.1, 0.15) is 6.61 Å². The number of benzene rings is 1. The highest BCUT2D eigenvalue weighted by Crippen LogP contribution is 2.09. The molecule has 0 aliphatic rings. The number of hydrogen-bond acceptors (Lipinski definition) is 2. The molecule has 1 aromatic rings. The normalized spacial score (nSPS) is 9.64. The van der Waals surface area contributed by atoms with E-state index >= 15 is 0 Å². The molecule has 0 fully saturated rings. The molecular formula is C9H9F2NO2. The van der Waals surface area contributed by atoms with Crippen molar-refractivity contribution in [3.63, 3.8) is 0 Å². The van der Waals surface area contributed by atoms with Gasteiger partial charge in [0, 0.05) is 7.05 Å². The Labute approximate surface area is 79.7 Å². The van der Waals surface area contributed by atoms with Crippen LogP contribution >= 0.6 is 0 Å². The van der Waals surface area contributed by atoms with Gasteiger partial charge in [-0.05, 0) is 17.7 Å². The van der Waals surface area contributed by atoms with Crippen molar-refractivity contribution in [1.29, 1.82) is 0 Å². The molecule has 3 nitrogen and oxygen atoms in total. The maximum absolute atomic E-state index is 12.7. The van der Waals surface area contributed by atoms with Gasteiger partial charge in [-0.25, -0.2) is 13.6 Å². The molecule has 0 unspecified atom stereocenters. The molecule has 0 saturated carbocycles. The monoisotopic (exact) mass is 201 g/mol. The molecule has 1 rings (SSSR count). The molecule has 14 heavy (non-hydrogen) atoms. The Morgan fingerprint density at radius 3 is 2.71 bits per heavy atom. The topological polar surface area (TPSA) is 38.3 Å². The molecule has 0 aliphatic carbocycles. The predicted octanol–water partition coefficient (Wildman–Crippen LogP) is 1.82. The zero-order valence-corrected chi connectivity index (χ0v) is 7.51. The zero-order chi connectivity index (χ0) is 10.6. The third-order valence-electron chi connectivity index (χ3n) is 1.56. The molecule has 0 atom stereocenters. The van der Waals surface area contributed by atoms with Crippen LogP contribution in [0.5, 0.6) is 0 Å². The molecular weight excluding hydrogens is 192 g/mol. The number of alkyl carbamates (subject to hydrolysis) is 1. The van der Waals surface area contributed by atoms with Gasteiger partial charge in [-0.3, -0.25) is 0 Å². The number of carbonyl (C=O) groups excluding carboxylic acids is 1. The van der Waals surface area contributed by atoms with Gasteiger partial charge in [0.2, 0.25) is 0 Å². The van der Waals surface area contributed by atoms with E-state index in [-0.39, 0.29) is 6.61 Å². The second-order valence-corrected chi connectivity index (χ2v) is 2.57. The van der Waals surface area contributed by atoms with Gasteiger partial charge in [-0.2, -0.15) is 0 Å². The van der Waals surface area contributed by atoms with Crippen molar-refractivity contribution in [2.75, 3.05) is 7.05 Å². The molecule has 0 aromatic heterocycles. The van der Waals surface area contributed by atoms with Crippen LogP contribution in [0.15, 0.2) is 18.2 Å². The first-order chi connectivity index (χ1) is 6.63. The van der Waals surface area contributed by atoms with Gasteiger partial charge >= 0.3 is 6.09 Å². The van der Waals surface area contributed by atoms with E-state index in [0.29, 0.717) is 5.56 Å². The number of nitrogens with one attached hydrogen (secondary N) is 1. The largest absolute Gasteiger partial charge is 0.445 e. The van der Waals surface area contributed by atoms with Crippen molar-refractivity contribution in [2.24, 2.45) is 0 Å². The van der Waals surface area contributed by atoms with E-state index in [1.165, 1.54) is 13.1 Å². The maximum atomic E-state index is 12.7. The van der Waals surface area contributed by atoms with Crippen LogP contribution in [0.3, 0.4) is 0 Å². The Morgan fingerprint density at radius 1 is 1.43 bits per heavy atom. The van der Waals surface area contributed by atoms with E-state index in [4.69, 9.17) is 0 Å². The third-order valence-corrected chi connectivity index (χ3v) is 1.56. The summed E-state index contributed by atoms with van der Waals surface area (Å²) in [6, 6.07) is 3.32. The number of amides is 1. The Morgan fingerprint density at radius 2 is 2.14 bits per heavy atom. The second kappa shape index (κ2) is 4.55. The smallest absolute Gasteiger partial charge is 0.407 e. The summed E-state index contributed by atoms with van der Waals surface area (Å²) in [5, 5.41) is 2.23. The Hall–Kier alpha value is -1.65. The lowest BCUT2D eigenvalue weighted by Crippen LogP contribution is -2.18. The molecule has 5 heteroatoms. The van der Waals surface area contributed by atoms with E-state index < -0.39 is 17.7 Å². The average molecular weight is 201 g/mol. The summed E-state index contributed by atoms with van der Waals surface area (Å²) in [5.41, 5.74) is 0.396. The van der Waals surface area contributed by atoms with Crippen LogP contribution in [0.1, 0.15) is 5.56 Å². The second-order valence-electron chi connectivity index (χ2n) is 2.57. The summed E-state index contributed by atoms with van der Waals surface area (Å²) >= 11 is 0. The van der Waals surface area contributed by atoms with Crippen LogP contribution in [-0.4, -0.2) is 13.1 Å². The lowest BCUT2D eigenvalue weighted by molar-refractivity contribution is 0.142. The molecule has 0 spiro atoms. The van der Waals surface area contributed by atoms with Gasteiger partial charge < -0.3 is 10.1 Å². The fourth-order valence-corrected chi connectivity index (χ4v) is 0.850. The van der Waals surface area contributed by atoms with Gasteiger partial charge in [0.25, 0.3) is 0 Å². The quantitative estimate of drug-likeness (QED) is 0.792. The molecule has 0 bridgehead atoms. The summed E-state index contributed by atoms with van der Waals surface area (Å²) in [6.45, 7) is -0.0864. The highest BCUT2D eigenvalue weighted by molar-refractivity contribution is 5.66. The van der Waals surface area contributed by atoms with Crippen molar-refractivity contribution < 1.29 is 18.3 Å². The average Bonchev–Trinajstić information content (AvgIpc) is 2.19. The van der Waals surface area contributed by atoms with Crippen LogP contribution in [0.25, 0.3) is 0 Å². The molecule has 1 amide bonds. The fourth-order valence-electron chi connectivity index (χ4n) is 0.850. The zero-order valence-electron chi connectivity index (χ0n) is 7.51. The van der Waals surface area contributed by atoms with Gasteiger partial charge in [0.05, 0.1) is 0 Å². The van der Waals surface area contributed by atoms with Crippen LogP contribution < -0.4 is 5.32 Å². The van der Waals surface area contributed by atoms with Crippen LogP contribution in [0.4, 0.5) is 13.6 Å². The molecule has 0 heterocycles. The maximum Gasteiger partial charge on any atom is 0.407 e. The van der Waals surface area contributed by atoms with Gasteiger partial charge in [-0.15, -0.1) is 0 Å². The summed E-state index contributed by atoms with van der Waals surface area (Å²) in [6.07, 6.45) is -0.616. The predicted molar refractivity (Wildman–Crippen MR) is 45.6 cm³/mol. The Bertz CT molecular complexity index is 342. The Kier molecular flexibility index (Phi) is 3.39. The van der Waals surface area contributed by atoms with Gasteiger partial charge in [-0.1, -0.05) is 6.07 Å². The number of ether oxygens (including phenoxy) is 1. The molecule has 0 saturated heterocycles.